The smallest absolute Gasteiger partial charge is 0.148 e. The topological polar surface area (TPSA) is 112 Å². The Morgan fingerprint density at radius 2 is 1.66 bits per heavy atom. The number of aromatic nitrogens is 1. The van der Waals surface area contributed by atoms with Crippen LogP contribution in [0.4, 0.5) is 24.5 Å². The van der Waals surface area contributed by atoms with Gasteiger partial charge in [0.2, 0.25) is 0 Å². The first-order valence-electron chi connectivity index (χ1n) is 13.9. The lowest BCUT2D eigenvalue weighted by atomic mass is 9.69. The van der Waals surface area contributed by atoms with Gasteiger partial charge in [-0.15, -0.1) is 5.53 Å². The van der Waals surface area contributed by atoms with E-state index in [1.807, 2.05) is 13.9 Å². The lowest BCUT2D eigenvalue weighted by molar-refractivity contribution is 0.254. The van der Waals surface area contributed by atoms with Crippen molar-refractivity contribution in [2.75, 3.05) is 17.2 Å². The molecule has 1 unspecified atom stereocenters. The van der Waals surface area contributed by atoms with E-state index < -0.39 is 22.9 Å². The number of pyridine rings is 1. The van der Waals surface area contributed by atoms with Crippen LogP contribution in [0.15, 0.2) is 72.7 Å². The van der Waals surface area contributed by atoms with Gasteiger partial charge in [-0.3, -0.25) is 9.99 Å². The van der Waals surface area contributed by atoms with Gasteiger partial charge in [-0.05, 0) is 47.4 Å². The monoisotopic (exact) mass is 594 g/mol. The van der Waals surface area contributed by atoms with Crippen LogP contribution >= 0.6 is 0 Å². The number of anilines is 2. The molecule has 0 amide bonds. The summed E-state index contributed by atoms with van der Waals surface area (Å²) < 4.78 is 42.8. The van der Waals surface area contributed by atoms with E-state index in [4.69, 9.17) is 0 Å². The van der Waals surface area contributed by atoms with Crippen molar-refractivity contribution in [1.29, 1.82) is 10.5 Å². The Morgan fingerprint density at radius 1 is 0.977 bits per heavy atom. The van der Waals surface area contributed by atoms with Gasteiger partial charge in [0, 0.05) is 35.6 Å². The Bertz CT molecular complexity index is 1820. The maximum absolute atomic E-state index is 14.4. The molecule has 8 nitrogen and oxygen atoms in total. The molecular formula is C32H30BF3N8. The van der Waals surface area contributed by atoms with Crippen LogP contribution in [-0.4, -0.2) is 24.4 Å². The van der Waals surface area contributed by atoms with Gasteiger partial charge >= 0.3 is 0 Å². The predicted molar refractivity (Wildman–Crippen MR) is 166 cm³/mol. The van der Waals surface area contributed by atoms with Gasteiger partial charge in [0.25, 0.3) is 0 Å². The van der Waals surface area contributed by atoms with Crippen LogP contribution in [0.2, 0.25) is 0 Å². The van der Waals surface area contributed by atoms with E-state index in [2.05, 4.69) is 59.5 Å². The van der Waals surface area contributed by atoms with E-state index in [1.54, 1.807) is 24.4 Å². The fourth-order valence-corrected chi connectivity index (χ4v) is 5.00. The Hall–Kier alpha value is -5.20. The van der Waals surface area contributed by atoms with Gasteiger partial charge in [0.1, 0.15) is 37.4 Å². The molecule has 0 fully saturated rings. The van der Waals surface area contributed by atoms with Crippen LogP contribution in [0.5, 0.6) is 0 Å². The van der Waals surface area contributed by atoms with E-state index in [0.717, 1.165) is 0 Å². The molecule has 0 saturated carbocycles. The predicted octanol–water partition coefficient (Wildman–Crippen LogP) is 5.12. The van der Waals surface area contributed by atoms with Crippen LogP contribution in [0.3, 0.4) is 0 Å². The number of fused-ring (bicyclic) bond motifs is 1. The van der Waals surface area contributed by atoms with Crippen molar-refractivity contribution < 1.29 is 13.2 Å². The van der Waals surface area contributed by atoms with Gasteiger partial charge in [0.15, 0.2) is 0 Å². The minimum absolute atomic E-state index is 0.0948. The third kappa shape index (κ3) is 6.12. The largest absolute Gasteiger partial charge is 0.383 e. The number of nitrogens with one attached hydrogen (secondary N) is 4. The average molecular weight is 594 g/mol. The summed E-state index contributed by atoms with van der Waals surface area (Å²) >= 11 is 0. The Kier molecular flexibility index (Phi) is 8.14. The average Bonchev–Trinajstić information content (AvgIpc) is 3.46. The molecule has 2 heterocycles. The zero-order valence-electron chi connectivity index (χ0n) is 24.7. The molecule has 0 bridgehead atoms. The molecule has 0 aliphatic carbocycles. The second kappa shape index (κ2) is 11.8. The summed E-state index contributed by atoms with van der Waals surface area (Å²) in [4.78, 5) is 4.42. The molecule has 12 heteroatoms. The van der Waals surface area contributed by atoms with Gasteiger partial charge in [-0.25, -0.2) is 13.2 Å². The maximum atomic E-state index is 14.4. The minimum Gasteiger partial charge on any atom is -0.383 e. The number of rotatable bonds is 8. The van der Waals surface area contributed by atoms with Crippen LogP contribution in [0.1, 0.15) is 43.0 Å². The number of hydrazine groups is 2. The molecular weight excluding hydrogens is 564 g/mol. The zero-order chi connectivity index (χ0) is 31.6. The second-order valence-corrected chi connectivity index (χ2v) is 12.0. The molecule has 0 saturated heterocycles. The highest BCUT2D eigenvalue weighted by Crippen LogP contribution is 2.36. The summed E-state index contributed by atoms with van der Waals surface area (Å²) in [5.74, 6) is -1.76. The van der Waals surface area contributed by atoms with E-state index in [1.165, 1.54) is 41.5 Å². The first-order chi connectivity index (χ1) is 20.9. The first-order valence-corrected chi connectivity index (χ1v) is 13.9. The molecule has 1 aliphatic rings. The number of nitrogens with zero attached hydrogens (tertiary/aromatic N) is 4. The zero-order valence-corrected chi connectivity index (χ0v) is 24.7. The van der Waals surface area contributed by atoms with Crippen LogP contribution in [-0.2, 0) is 12.0 Å². The van der Waals surface area contributed by atoms with E-state index in [-0.39, 0.29) is 23.1 Å². The summed E-state index contributed by atoms with van der Waals surface area (Å²) in [6.07, 6.45) is 3.12. The van der Waals surface area contributed by atoms with Gasteiger partial charge in [-0.2, -0.15) is 10.5 Å². The number of nitriles is 2. The van der Waals surface area contributed by atoms with Gasteiger partial charge < -0.3 is 16.1 Å². The lowest BCUT2D eigenvalue weighted by Crippen LogP contribution is -2.45. The highest BCUT2D eigenvalue weighted by atomic mass is 19.1. The molecule has 3 aromatic carbocycles. The molecule has 222 valence electrons. The molecule has 4 aromatic rings. The van der Waals surface area contributed by atoms with Crippen molar-refractivity contribution in [3.05, 3.63) is 112 Å². The first kappa shape index (κ1) is 30.3. The maximum Gasteiger partial charge on any atom is 0.148 e. The molecule has 0 radical (unpaired) electrons. The van der Waals surface area contributed by atoms with Crippen LogP contribution < -0.4 is 21.6 Å². The van der Waals surface area contributed by atoms with Gasteiger partial charge in [0.05, 0.1) is 40.0 Å². The molecule has 4 N–H and O–H groups in total. The fourth-order valence-electron chi connectivity index (χ4n) is 5.00. The van der Waals surface area contributed by atoms with Crippen molar-refractivity contribution in [1.82, 2.24) is 21.0 Å². The highest BCUT2D eigenvalue weighted by molar-refractivity contribution is 6.19. The summed E-state index contributed by atoms with van der Waals surface area (Å²) in [7, 11) is 1.85. The standard InChI is InChI=1S/C32H30BF3N8/c1-31(2,3)18-40-30-20(14-38)15-39-29-19(13-37)11-23(12-24(29)30)41-32(33,21-7-9-22(34)10-8-21)28-17-44(43-42-28)16-25-26(35)5-4-6-27(25)36/h4-12,15,17,41-43H,16,18,33H2,1-3H3,(H,39,40). The third-order valence-electron chi connectivity index (χ3n) is 7.37. The molecule has 0 spiro atoms. The quantitative estimate of drug-likeness (QED) is 0.208. The van der Waals surface area contributed by atoms with Crippen molar-refractivity contribution in [2.45, 2.75) is 32.8 Å². The van der Waals surface area contributed by atoms with Crippen molar-refractivity contribution in [3.63, 3.8) is 0 Å². The summed E-state index contributed by atoms with van der Waals surface area (Å²) in [6.45, 7) is 6.65. The highest BCUT2D eigenvalue weighted by Gasteiger charge is 2.35. The molecule has 44 heavy (non-hydrogen) atoms. The number of hydrogen-bond donors (Lipinski definition) is 4. The van der Waals surface area contributed by atoms with Crippen LogP contribution in [0, 0.1) is 45.5 Å². The second-order valence-electron chi connectivity index (χ2n) is 12.0. The number of benzene rings is 3. The lowest BCUT2D eigenvalue weighted by Gasteiger charge is -2.34. The number of halogens is 3. The summed E-state index contributed by atoms with van der Waals surface area (Å²) in [5.41, 5.74) is 8.09. The molecule has 1 aliphatic heterocycles. The Balaban J connectivity index is 1.60. The van der Waals surface area contributed by atoms with E-state index in [9.17, 15) is 23.7 Å². The summed E-state index contributed by atoms with van der Waals surface area (Å²) in [5, 5.41) is 28.9. The Labute approximate surface area is 254 Å². The van der Waals surface area contributed by atoms with Crippen LogP contribution in [0.25, 0.3) is 10.9 Å². The van der Waals surface area contributed by atoms with Crippen molar-refractivity contribution >= 4 is 30.1 Å². The van der Waals surface area contributed by atoms with Crippen molar-refractivity contribution in [3.8, 4) is 12.1 Å². The molecule has 5 rings (SSSR count). The minimum atomic E-state index is -1.07. The SMILES string of the molecule is BC(Nc1cc(C#N)c2ncc(C#N)c(NCC(C)(C)C)c2c1)(C1=CN(Cc2c(F)cccc2F)NN1)c1ccc(F)cc1. The van der Waals surface area contributed by atoms with E-state index in [0.29, 0.717) is 45.6 Å². The van der Waals surface area contributed by atoms with Crippen molar-refractivity contribution in [2.24, 2.45) is 5.41 Å². The molecule has 1 atom stereocenters. The Morgan fingerprint density at radius 3 is 2.30 bits per heavy atom. The fraction of sp³-hybridized carbons (Fsp3) is 0.219. The normalized spacial score (nSPS) is 14.3. The number of hydrogen-bond acceptors (Lipinski definition) is 8. The van der Waals surface area contributed by atoms with E-state index >= 15 is 0 Å². The molecule has 1 aromatic heterocycles. The van der Waals surface area contributed by atoms with Gasteiger partial charge in [-0.1, -0.05) is 39.0 Å². The summed E-state index contributed by atoms with van der Waals surface area (Å²) in [6, 6.07) is 17.5. The third-order valence-corrected chi connectivity index (χ3v) is 7.37.